The van der Waals surface area contributed by atoms with Gasteiger partial charge < -0.3 is 9.80 Å². The van der Waals surface area contributed by atoms with Gasteiger partial charge in [0.05, 0.1) is 5.69 Å². The fourth-order valence-electron chi connectivity index (χ4n) is 4.15. The summed E-state index contributed by atoms with van der Waals surface area (Å²) in [5.41, 5.74) is 0.692. The van der Waals surface area contributed by atoms with Gasteiger partial charge in [-0.15, -0.1) is 0 Å². The molecule has 1 atom stereocenters. The molecule has 2 saturated heterocycles. The molecule has 6 nitrogen and oxygen atoms in total. The van der Waals surface area contributed by atoms with Crippen LogP contribution in [-0.4, -0.2) is 70.8 Å². The Balaban J connectivity index is 1.32. The number of amides is 1. The minimum atomic E-state index is -0.154. The van der Waals surface area contributed by atoms with Gasteiger partial charge in [-0.05, 0) is 31.0 Å². The monoisotopic (exact) mass is 371 g/mol. The highest BCUT2D eigenvalue weighted by Gasteiger charge is 2.30. The number of nitrogens with zero attached hydrogens (tertiary/aromatic N) is 5. The molecule has 0 radical (unpaired) electrons. The molecule has 3 heterocycles. The summed E-state index contributed by atoms with van der Waals surface area (Å²) in [4.78, 5) is 19.1. The Bertz CT molecular complexity index is 757. The van der Waals surface area contributed by atoms with E-state index in [0.717, 1.165) is 52.1 Å². The molecule has 1 aromatic carbocycles. The molecule has 0 spiro atoms. The van der Waals surface area contributed by atoms with E-state index in [9.17, 15) is 9.18 Å². The lowest BCUT2D eigenvalue weighted by Crippen LogP contribution is -2.56. The molecule has 1 aromatic heterocycles. The number of piperidine rings is 1. The van der Waals surface area contributed by atoms with Crippen LogP contribution in [0.25, 0.3) is 0 Å². The molecule has 0 bridgehead atoms. The lowest BCUT2D eigenvalue weighted by atomic mass is 10.0. The highest BCUT2D eigenvalue weighted by Crippen LogP contribution is 2.23. The summed E-state index contributed by atoms with van der Waals surface area (Å²) < 4.78 is 15.7. The van der Waals surface area contributed by atoms with Crippen LogP contribution < -0.4 is 4.90 Å². The number of benzene rings is 1. The number of anilines is 1. The van der Waals surface area contributed by atoms with Gasteiger partial charge in [0.15, 0.2) is 0 Å². The molecule has 144 valence electrons. The summed E-state index contributed by atoms with van der Waals surface area (Å²) in [5.74, 6) is -0.0209. The number of likely N-dealkylation sites (tertiary alicyclic amines) is 1. The van der Waals surface area contributed by atoms with Crippen LogP contribution in [0.2, 0.25) is 0 Å². The summed E-state index contributed by atoms with van der Waals surface area (Å²) in [6.07, 6.45) is 5.66. The lowest BCUT2D eigenvalue weighted by molar-refractivity contribution is -0.134. The second-order valence-electron chi connectivity index (χ2n) is 7.31. The Hall–Kier alpha value is -2.41. The van der Waals surface area contributed by atoms with Gasteiger partial charge in [0.1, 0.15) is 12.4 Å². The van der Waals surface area contributed by atoms with Crippen molar-refractivity contribution in [3.63, 3.8) is 0 Å². The van der Waals surface area contributed by atoms with Crippen molar-refractivity contribution in [1.82, 2.24) is 19.6 Å². The molecule has 2 fully saturated rings. The van der Waals surface area contributed by atoms with Gasteiger partial charge in [-0.25, -0.2) is 4.39 Å². The summed E-state index contributed by atoms with van der Waals surface area (Å²) in [6, 6.07) is 9.21. The number of halogens is 1. The van der Waals surface area contributed by atoms with Crippen molar-refractivity contribution in [2.24, 2.45) is 0 Å². The van der Waals surface area contributed by atoms with Gasteiger partial charge in [-0.1, -0.05) is 12.1 Å². The number of para-hydroxylation sites is 1. The Morgan fingerprint density at radius 1 is 1.11 bits per heavy atom. The van der Waals surface area contributed by atoms with Crippen molar-refractivity contribution < 1.29 is 9.18 Å². The molecule has 2 aliphatic heterocycles. The first-order valence-electron chi connectivity index (χ1n) is 9.69. The molecular weight excluding hydrogens is 345 g/mol. The molecule has 27 heavy (non-hydrogen) atoms. The predicted octanol–water partition coefficient (Wildman–Crippen LogP) is 1.84. The van der Waals surface area contributed by atoms with Crippen molar-refractivity contribution in [2.75, 3.05) is 44.2 Å². The molecule has 0 unspecified atom stereocenters. The van der Waals surface area contributed by atoms with E-state index in [2.05, 4.69) is 14.9 Å². The Labute approximate surface area is 159 Å². The number of aromatic nitrogens is 2. The van der Waals surface area contributed by atoms with Crippen molar-refractivity contribution in [3.8, 4) is 0 Å². The van der Waals surface area contributed by atoms with Crippen molar-refractivity contribution >= 4 is 11.6 Å². The van der Waals surface area contributed by atoms with Crippen LogP contribution in [0.3, 0.4) is 0 Å². The maximum Gasteiger partial charge on any atom is 0.244 e. The van der Waals surface area contributed by atoms with Crippen molar-refractivity contribution in [3.05, 3.63) is 48.5 Å². The number of carbonyl (C=O) groups excluding carboxylic acids is 1. The predicted molar refractivity (Wildman–Crippen MR) is 102 cm³/mol. The second-order valence-corrected chi connectivity index (χ2v) is 7.31. The SMILES string of the molecule is O=C(Cn1cccn1)N1CCC[C@@H](N2CCN(c3ccccc3F)CC2)C1. The first-order chi connectivity index (χ1) is 13.2. The Morgan fingerprint density at radius 2 is 1.93 bits per heavy atom. The van der Waals surface area contributed by atoms with Gasteiger partial charge in [-0.3, -0.25) is 14.4 Å². The molecule has 0 aliphatic carbocycles. The zero-order valence-electron chi connectivity index (χ0n) is 15.5. The third-order valence-corrected chi connectivity index (χ3v) is 5.63. The van der Waals surface area contributed by atoms with Crippen molar-refractivity contribution in [2.45, 2.75) is 25.4 Å². The van der Waals surface area contributed by atoms with Crippen LogP contribution >= 0.6 is 0 Å². The van der Waals surface area contributed by atoms with E-state index in [1.807, 2.05) is 29.3 Å². The summed E-state index contributed by atoms with van der Waals surface area (Å²) in [7, 11) is 0. The van der Waals surface area contributed by atoms with Crippen LogP contribution in [-0.2, 0) is 11.3 Å². The van der Waals surface area contributed by atoms with Crippen molar-refractivity contribution in [1.29, 1.82) is 0 Å². The third-order valence-electron chi connectivity index (χ3n) is 5.63. The second kappa shape index (κ2) is 8.08. The molecule has 2 aromatic rings. The van der Waals surface area contributed by atoms with Gasteiger partial charge in [0.25, 0.3) is 0 Å². The van der Waals surface area contributed by atoms with Crippen LogP contribution in [0.1, 0.15) is 12.8 Å². The minimum absolute atomic E-state index is 0.133. The Morgan fingerprint density at radius 3 is 2.67 bits per heavy atom. The number of hydrogen-bond acceptors (Lipinski definition) is 4. The minimum Gasteiger partial charge on any atom is -0.367 e. The molecule has 4 rings (SSSR count). The first-order valence-corrected chi connectivity index (χ1v) is 9.69. The normalized spacial score (nSPS) is 21.4. The Kier molecular flexibility index (Phi) is 5.38. The van der Waals surface area contributed by atoms with E-state index in [-0.39, 0.29) is 11.7 Å². The van der Waals surface area contributed by atoms with E-state index in [1.54, 1.807) is 16.9 Å². The number of rotatable bonds is 4. The fourth-order valence-corrected chi connectivity index (χ4v) is 4.15. The topological polar surface area (TPSA) is 44.6 Å². The van der Waals surface area contributed by atoms with E-state index in [4.69, 9.17) is 0 Å². The van der Waals surface area contributed by atoms with E-state index in [1.165, 1.54) is 6.07 Å². The summed E-state index contributed by atoms with van der Waals surface area (Å²) in [6.45, 7) is 5.35. The first kappa shape index (κ1) is 18.0. The van der Waals surface area contributed by atoms with E-state index >= 15 is 0 Å². The van der Waals surface area contributed by atoms with Crippen LogP contribution in [0.5, 0.6) is 0 Å². The highest BCUT2D eigenvalue weighted by atomic mass is 19.1. The summed E-state index contributed by atoms with van der Waals surface area (Å²) >= 11 is 0. The smallest absolute Gasteiger partial charge is 0.244 e. The number of carbonyl (C=O) groups is 1. The lowest BCUT2D eigenvalue weighted by Gasteiger charge is -2.44. The fraction of sp³-hybridized carbons (Fsp3) is 0.500. The average Bonchev–Trinajstić information content (AvgIpc) is 3.22. The van der Waals surface area contributed by atoms with Gasteiger partial charge in [0, 0.05) is 57.7 Å². The van der Waals surface area contributed by atoms with Gasteiger partial charge in [-0.2, -0.15) is 5.10 Å². The maximum atomic E-state index is 14.0. The molecule has 0 N–H and O–H groups in total. The quantitative estimate of drug-likeness (QED) is 0.823. The largest absolute Gasteiger partial charge is 0.367 e. The van der Waals surface area contributed by atoms with Gasteiger partial charge >= 0.3 is 0 Å². The molecular formula is C20H26FN5O. The van der Waals surface area contributed by atoms with Gasteiger partial charge in [0.2, 0.25) is 5.91 Å². The average molecular weight is 371 g/mol. The molecule has 7 heteroatoms. The van der Waals surface area contributed by atoms with Crippen LogP contribution in [0.4, 0.5) is 10.1 Å². The van der Waals surface area contributed by atoms with Crippen LogP contribution in [0, 0.1) is 5.82 Å². The molecule has 0 saturated carbocycles. The van der Waals surface area contributed by atoms with E-state index < -0.39 is 0 Å². The number of hydrogen-bond donors (Lipinski definition) is 0. The zero-order chi connectivity index (χ0) is 18.6. The van der Waals surface area contributed by atoms with Crippen LogP contribution in [0.15, 0.2) is 42.7 Å². The maximum absolute atomic E-state index is 14.0. The molecule has 1 amide bonds. The number of piperazine rings is 1. The third kappa shape index (κ3) is 4.13. The molecule has 2 aliphatic rings. The zero-order valence-corrected chi connectivity index (χ0v) is 15.5. The highest BCUT2D eigenvalue weighted by molar-refractivity contribution is 5.76. The standard InChI is InChI=1S/C20H26FN5O/c21-18-6-1-2-7-19(18)24-13-11-23(12-14-24)17-5-3-9-25(15-17)20(27)16-26-10-4-8-22-26/h1-2,4,6-8,10,17H,3,5,9,11-16H2/t17-/m1/s1. The van der Waals surface area contributed by atoms with E-state index in [0.29, 0.717) is 18.3 Å². The summed E-state index contributed by atoms with van der Waals surface area (Å²) in [5, 5.41) is 4.13.